The van der Waals surface area contributed by atoms with E-state index in [9.17, 15) is 0 Å². The van der Waals surface area contributed by atoms with Crippen LogP contribution in [0.5, 0.6) is 5.75 Å². The number of rotatable bonds is 4. The summed E-state index contributed by atoms with van der Waals surface area (Å²) >= 11 is 9.68. The molecule has 106 valence electrons. The molecule has 2 aromatic rings. The third-order valence-corrected chi connectivity index (χ3v) is 3.99. The number of nitrogens with zero attached hydrogens (tertiary/aromatic N) is 1. The van der Waals surface area contributed by atoms with Gasteiger partial charge < -0.3 is 10.1 Å². The summed E-state index contributed by atoms with van der Waals surface area (Å²) in [5, 5.41) is 4.07. The van der Waals surface area contributed by atoms with Crippen molar-refractivity contribution in [1.29, 1.82) is 0 Å². The molecule has 0 radical (unpaired) electrons. The summed E-state index contributed by atoms with van der Waals surface area (Å²) in [6, 6.07) is 7.73. The predicted octanol–water partition coefficient (Wildman–Crippen LogP) is 4.74. The van der Waals surface area contributed by atoms with E-state index in [1.807, 2.05) is 38.1 Å². The van der Waals surface area contributed by atoms with Gasteiger partial charge in [0, 0.05) is 27.3 Å². The molecule has 1 aromatic carbocycles. The minimum Gasteiger partial charge on any atom is -0.497 e. The number of methoxy groups -OCH3 is 1. The Morgan fingerprint density at radius 2 is 2.00 bits per heavy atom. The maximum atomic E-state index is 6.14. The summed E-state index contributed by atoms with van der Waals surface area (Å²) in [5.74, 6) is 0.815. The topological polar surface area (TPSA) is 34.1 Å². The molecule has 0 aliphatic carbocycles. The molecule has 0 bridgehead atoms. The van der Waals surface area contributed by atoms with Crippen LogP contribution < -0.4 is 10.1 Å². The first kappa shape index (κ1) is 15.1. The van der Waals surface area contributed by atoms with Crippen molar-refractivity contribution < 1.29 is 4.74 Å². The van der Waals surface area contributed by atoms with E-state index in [2.05, 4.69) is 26.2 Å². The van der Waals surface area contributed by atoms with E-state index in [1.54, 1.807) is 7.11 Å². The fourth-order valence-corrected chi connectivity index (χ4v) is 2.64. The van der Waals surface area contributed by atoms with Crippen molar-refractivity contribution in [2.24, 2.45) is 0 Å². The first-order valence-electron chi connectivity index (χ1n) is 6.20. The van der Waals surface area contributed by atoms with E-state index in [4.69, 9.17) is 16.3 Å². The smallest absolute Gasteiger partial charge is 0.122 e. The van der Waals surface area contributed by atoms with Crippen LogP contribution in [0.3, 0.4) is 0 Å². The van der Waals surface area contributed by atoms with Crippen LogP contribution >= 0.6 is 27.5 Å². The summed E-state index contributed by atoms with van der Waals surface area (Å²) in [6.07, 6.45) is 0. The number of anilines is 1. The van der Waals surface area contributed by atoms with Gasteiger partial charge in [0.15, 0.2) is 0 Å². The van der Waals surface area contributed by atoms with Crippen molar-refractivity contribution in [2.75, 3.05) is 12.4 Å². The van der Waals surface area contributed by atoms with E-state index in [0.717, 1.165) is 37.9 Å². The SMILES string of the molecule is COc1cc(C)nc(CNc2cc(Cl)c(C)cc2Br)c1. The Balaban J connectivity index is 2.16. The molecular weight excluding hydrogens is 340 g/mol. The van der Waals surface area contributed by atoms with Gasteiger partial charge in [0.05, 0.1) is 25.0 Å². The van der Waals surface area contributed by atoms with Gasteiger partial charge in [-0.1, -0.05) is 11.6 Å². The van der Waals surface area contributed by atoms with Crippen LogP contribution in [-0.2, 0) is 6.54 Å². The second-order valence-corrected chi connectivity index (χ2v) is 5.84. The summed E-state index contributed by atoms with van der Waals surface area (Å²) in [4.78, 5) is 4.48. The first-order valence-corrected chi connectivity index (χ1v) is 7.38. The average molecular weight is 356 g/mol. The summed E-state index contributed by atoms with van der Waals surface area (Å²) < 4.78 is 6.23. The number of halogens is 2. The predicted molar refractivity (Wildman–Crippen MR) is 86.7 cm³/mol. The second kappa shape index (κ2) is 6.46. The molecule has 0 saturated heterocycles. The highest BCUT2D eigenvalue weighted by molar-refractivity contribution is 9.10. The lowest BCUT2D eigenvalue weighted by molar-refractivity contribution is 0.413. The van der Waals surface area contributed by atoms with Crippen molar-refractivity contribution in [1.82, 2.24) is 4.98 Å². The van der Waals surface area contributed by atoms with Crippen LogP contribution in [0.1, 0.15) is 17.0 Å². The molecule has 20 heavy (non-hydrogen) atoms. The second-order valence-electron chi connectivity index (χ2n) is 4.57. The van der Waals surface area contributed by atoms with Crippen LogP contribution in [0.4, 0.5) is 5.69 Å². The maximum absolute atomic E-state index is 6.14. The molecule has 1 heterocycles. The molecule has 0 spiro atoms. The Morgan fingerprint density at radius 3 is 2.70 bits per heavy atom. The molecule has 0 saturated carbocycles. The lowest BCUT2D eigenvalue weighted by Crippen LogP contribution is -2.04. The molecule has 0 atom stereocenters. The number of hydrogen-bond donors (Lipinski definition) is 1. The number of nitrogens with one attached hydrogen (secondary N) is 1. The van der Waals surface area contributed by atoms with Crippen LogP contribution in [0, 0.1) is 13.8 Å². The molecule has 1 aromatic heterocycles. The van der Waals surface area contributed by atoms with Crippen molar-refractivity contribution in [3.63, 3.8) is 0 Å². The molecule has 0 unspecified atom stereocenters. The van der Waals surface area contributed by atoms with Crippen LogP contribution in [0.15, 0.2) is 28.7 Å². The fourth-order valence-electron chi connectivity index (χ4n) is 1.88. The van der Waals surface area contributed by atoms with E-state index in [0.29, 0.717) is 6.54 Å². The van der Waals surface area contributed by atoms with E-state index >= 15 is 0 Å². The first-order chi connectivity index (χ1) is 9.49. The van der Waals surface area contributed by atoms with Gasteiger partial charge in [-0.2, -0.15) is 0 Å². The summed E-state index contributed by atoms with van der Waals surface area (Å²) in [5.41, 5.74) is 3.84. The molecule has 0 amide bonds. The highest BCUT2D eigenvalue weighted by Crippen LogP contribution is 2.29. The van der Waals surface area contributed by atoms with Crippen molar-refractivity contribution in [3.05, 3.63) is 50.7 Å². The van der Waals surface area contributed by atoms with E-state index in [-0.39, 0.29) is 0 Å². The molecule has 0 aliphatic heterocycles. The van der Waals surface area contributed by atoms with E-state index < -0.39 is 0 Å². The zero-order valence-electron chi connectivity index (χ0n) is 11.6. The minimum atomic E-state index is 0.607. The van der Waals surface area contributed by atoms with Crippen molar-refractivity contribution in [2.45, 2.75) is 20.4 Å². The minimum absolute atomic E-state index is 0.607. The molecule has 0 fully saturated rings. The standard InChI is InChI=1S/C15H16BrClN2O/c1-9-4-13(16)15(7-14(9)17)18-8-11-6-12(20-3)5-10(2)19-11/h4-7,18H,8H2,1-3H3. The molecular formula is C15H16BrClN2O. The van der Waals surface area contributed by atoms with Gasteiger partial charge in [0.2, 0.25) is 0 Å². The Kier molecular flexibility index (Phi) is 4.89. The number of ether oxygens (including phenoxy) is 1. The number of aryl methyl sites for hydroxylation is 2. The number of aromatic nitrogens is 1. The van der Waals surface area contributed by atoms with Crippen LogP contribution in [0.25, 0.3) is 0 Å². The van der Waals surface area contributed by atoms with E-state index in [1.165, 1.54) is 0 Å². The van der Waals surface area contributed by atoms with Gasteiger partial charge in [-0.15, -0.1) is 0 Å². The lowest BCUT2D eigenvalue weighted by atomic mass is 10.2. The quantitative estimate of drug-likeness (QED) is 0.860. The summed E-state index contributed by atoms with van der Waals surface area (Å²) in [6.45, 7) is 4.53. The van der Waals surface area contributed by atoms with Gasteiger partial charge in [-0.05, 0) is 47.5 Å². The Bertz CT molecular complexity index is 632. The highest BCUT2D eigenvalue weighted by atomic mass is 79.9. The van der Waals surface area contributed by atoms with Gasteiger partial charge in [0.1, 0.15) is 5.75 Å². The Labute approximate surface area is 132 Å². The zero-order chi connectivity index (χ0) is 14.7. The normalized spacial score (nSPS) is 10.4. The van der Waals surface area contributed by atoms with Gasteiger partial charge in [0.25, 0.3) is 0 Å². The lowest BCUT2D eigenvalue weighted by Gasteiger charge is -2.11. The van der Waals surface area contributed by atoms with Gasteiger partial charge in [-0.3, -0.25) is 4.98 Å². The zero-order valence-corrected chi connectivity index (χ0v) is 14.0. The summed E-state index contributed by atoms with van der Waals surface area (Å²) in [7, 11) is 1.66. The van der Waals surface area contributed by atoms with Crippen LogP contribution in [0.2, 0.25) is 5.02 Å². The molecule has 5 heteroatoms. The molecule has 1 N–H and O–H groups in total. The molecule has 0 aliphatic rings. The number of benzene rings is 1. The van der Waals surface area contributed by atoms with Gasteiger partial charge in [-0.25, -0.2) is 0 Å². The Morgan fingerprint density at radius 1 is 1.25 bits per heavy atom. The van der Waals surface area contributed by atoms with Gasteiger partial charge >= 0.3 is 0 Å². The third kappa shape index (κ3) is 3.64. The Hall–Kier alpha value is -1.26. The number of hydrogen-bond acceptors (Lipinski definition) is 3. The van der Waals surface area contributed by atoms with Crippen molar-refractivity contribution in [3.8, 4) is 5.75 Å². The monoisotopic (exact) mass is 354 g/mol. The average Bonchev–Trinajstić information content (AvgIpc) is 2.40. The maximum Gasteiger partial charge on any atom is 0.122 e. The van der Waals surface area contributed by atoms with Crippen LogP contribution in [-0.4, -0.2) is 12.1 Å². The largest absolute Gasteiger partial charge is 0.497 e. The fraction of sp³-hybridized carbons (Fsp3) is 0.267. The number of pyridine rings is 1. The molecule has 3 nitrogen and oxygen atoms in total. The third-order valence-electron chi connectivity index (χ3n) is 2.92. The van der Waals surface area contributed by atoms with Crippen molar-refractivity contribution >= 4 is 33.2 Å². The highest BCUT2D eigenvalue weighted by Gasteiger charge is 2.06. The molecule has 2 rings (SSSR count).